The predicted octanol–water partition coefficient (Wildman–Crippen LogP) is 4.92. The van der Waals surface area contributed by atoms with Crippen LogP contribution in [0.1, 0.15) is 23.6 Å². The summed E-state index contributed by atoms with van der Waals surface area (Å²) in [5.74, 6) is -1.37. The van der Waals surface area contributed by atoms with Crippen LogP contribution in [0.2, 0.25) is 10.3 Å². The number of aromatic nitrogens is 1. The Balaban J connectivity index is 1.45. The number of nitrogens with zero attached hydrogens (tertiary/aromatic N) is 4. The van der Waals surface area contributed by atoms with Crippen molar-refractivity contribution in [2.45, 2.75) is 12.5 Å². The number of carbonyl (C=O) groups is 1. The van der Waals surface area contributed by atoms with Crippen LogP contribution in [0.4, 0.5) is 13.6 Å². The van der Waals surface area contributed by atoms with Crippen molar-refractivity contribution in [3.05, 3.63) is 69.0 Å². The van der Waals surface area contributed by atoms with Gasteiger partial charge in [-0.15, -0.1) is 0 Å². The molecule has 4 rings (SSSR count). The van der Waals surface area contributed by atoms with Gasteiger partial charge >= 0.3 is 6.03 Å². The Morgan fingerprint density at radius 1 is 1.14 bits per heavy atom. The highest BCUT2D eigenvalue weighted by Gasteiger charge is 2.35. The summed E-state index contributed by atoms with van der Waals surface area (Å²) in [5, 5.41) is 5.96. The van der Waals surface area contributed by atoms with Gasteiger partial charge in [-0.25, -0.2) is 23.6 Å². The molecule has 0 spiro atoms. The SMILES string of the molecule is O=C(N1CC(=Cc2ccc(Cl)nc2Cl)C1)N1N=CCC1c1cc(F)cc(F)c1. The van der Waals surface area contributed by atoms with Crippen LogP contribution >= 0.6 is 23.2 Å². The average Bonchev–Trinajstić information content (AvgIpc) is 3.07. The molecule has 2 aromatic rings. The molecule has 2 aliphatic rings. The fraction of sp³-hybridized carbons (Fsp3) is 0.211. The van der Waals surface area contributed by atoms with E-state index in [4.69, 9.17) is 23.2 Å². The molecule has 5 nitrogen and oxygen atoms in total. The Hall–Kier alpha value is -2.51. The van der Waals surface area contributed by atoms with E-state index < -0.39 is 17.7 Å². The molecule has 28 heavy (non-hydrogen) atoms. The van der Waals surface area contributed by atoms with Gasteiger partial charge in [0.25, 0.3) is 0 Å². The summed E-state index contributed by atoms with van der Waals surface area (Å²) in [6, 6.07) is 5.80. The summed E-state index contributed by atoms with van der Waals surface area (Å²) < 4.78 is 27.1. The van der Waals surface area contributed by atoms with Crippen LogP contribution in [0.15, 0.2) is 41.0 Å². The van der Waals surface area contributed by atoms with E-state index in [2.05, 4.69) is 10.1 Å². The van der Waals surface area contributed by atoms with Crippen LogP contribution in [-0.2, 0) is 0 Å². The third kappa shape index (κ3) is 3.72. The molecule has 2 aliphatic heterocycles. The highest BCUT2D eigenvalue weighted by atomic mass is 35.5. The monoisotopic (exact) mass is 422 g/mol. The highest BCUT2D eigenvalue weighted by molar-refractivity contribution is 6.33. The molecule has 0 radical (unpaired) electrons. The van der Waals surface area contributed by atoms with E-state index in [1.54, 1.807) is 23.2 Å². The first-order valence-electron chi connectivity index (χ1n) is 8.49. The summed E-state index contributed by atoms with van der Waals surface area (Å²) in [5.41, 5.74) is 2.09. The van der Waals surface area contributed by atoms with Crippen molar-refractivity contribution < 1.29 is 13.6 Å². The fourth-order valence-electron chi connectivity index (χ4n) is 3.21. The largest absolute Gasteiger partial charge is 0.341 e. The number of amides is 2. The van der Waals surface area contributed by atoms with Gasteiger partial charge in [-0.2, -0.15) is 5.10 Å². The number of halogens is 4. The lowest BCUT2D eigenvalue weighted by Gasteiger charge is -2.37. The fourth-order valence-corrected chi connectivity index (χ4v) is 3.61. The maximum Gasteiger partial charge on any atom is 0.341 e. The van der Waals surface area contributed by atoms with Crippen molar-refractivity contribution in [1.29, 1.82) is 0 Å². The first-order valence-corrected chi connectivity index (χ1v) is 9.24. The molecule has 0 saturated carbocycles. The molecule has 1 saturated heterocycles. The Morgan fingerprint density at radius 2 is 1.86 bits per heavy atom. The Bertz CT molecular complexity index is 983. The van der Waals surface area contributed by atoms with Crippen LogP contribution < -0.4 is 0 Å². The summed E-state index contributed by atoms with van der Waals surface area (Å²) in [7, 11) is 0. The summed E-state index contributed by atoms with van der Waals surface area (Å²) in [6.07, 6.45) is 3.83. The number of hydrogen-bond donors (Lipinski definition) is 0. The number of hydrazone groups is 1. The van der Waals surface area contributed by atoms with Gasteiger partial charge in [0.05, 0.1) is 6.04 Å². The lowest BCUT2D eigenvalue weighted by molar-refractivity contribution is 0.136. The zero-order valence-electron chi connectivity index (χ0n) is 14.4. The van der Waals surface area contributed by atoms with Gasteiger partial charge in [0.2, 0.25) is 0 Å². The third-order valence-electron chi connectivity index (χ3n) is 4.56. The van der Waals surface area contributed by atoms with Crippen LogP contribution in [0.25, 0.3) is 6.08 Å². The number of likely N-dealkylation sites (tertiary alicyclic amines) is 1. The van der Waals surface area contributed by atoms with Gasteiger partial charge in [-0.05, 0) is 41.5 Å². The van der Waals surface area contributed by atoms with Crippen LogP contribution in [-0.4, -0.2) is 40.2 Å². The normalized spacial score (nSPS) is 18.4. The Morgan fingerprint density at radius 3 is 2.54 bits per heavy atom. The van der Waals surface area contributed by atoms with Crippen molar-refractivity contribution in [3.63, 3.8) is 0 Å². The summed E-state index contributed by atoms with van der Waals surface area (Å²) in [4.78, 5) is 18.3. The van der Waals surface area contributed by atoms with Gasteiger partial charge < -0.3 is 4.90 Å². The van der Waals surface area contributed by atoms with Crippen LogP contribution in [0.5, 0.6) is 0 Å². The highest BCUT2D eigenvalue weighted by Crippen LogP contribution is 2.32. The second kappa shape index (κ2) is 7.48. The van der Waals surface area contributed by atoms with E-state index >= 15 is 0 Å². The van der Waals surface area contributed by atoms with E-state index in [9.17, 15) is 13.6 Å². The second-order valence-corrected chi connectivity index (χ2v) is 7.30. The van der Waals surface area contributed by atoms with E-state index in [-0.39, 0.29) is 6.03 Å². The molecule has 1 atom stereocenters. The van der Waals surface area contributed by atoms with Crippen LogP contribution in [0, 0.1) is 11.6 Å². The molecular weight excluding hydrogens is 409 g/mol. The molecule has 0 bridgehead atoms. The zero-order chi connectivity index (χ0) is 19.8. The molecule has 1 aromatic carbocycles. The minimum Gasteiger partial charge on any atom is -0.315 e. The predicted molar refractivity (Wildman–Crippen MR) is 103 cm³/mol. The first kappa shape index (κ1) is 18.8. The molecule has 9 heteroatoms. The number of hydrogen-bond acceptors (Lipinski definition) is 3. The molecule has 144 valence electrons. The third-order valence-corrected chi connectivity index (χ3v) is 5.07. The Kier molecular flexibility index (Phi) is 5.03. The minimum absolute atomic E-state index is 0.294. The smallest absolute Gasteiger partial charge is 0.315 e. The molecular formula is C19H14Cl2F2N4O. The van der Waals surface area contributed by atoms with E-state index in [1.165, 1.54) is 17.1 Å². The van der Waals surface area contributed by atoms with Gasteiger partial charge in [0, 0.05) is 37.4 Å². The average molecular weight is 423 g/mol. The molecule has 0 aliphatic carbocycles. The van der Waals surface area contributed by atoms with Crippen molar-refractivity contribution in [3.8, 4) is 0 Å². The maximum atomic E-state index is 13.5. The molecule has 3 heterocycles. The second-order valence-electron chi connectivity index (χ2n) is 6.55. The molecule has 1 aromatic heterocycles. The molecule has 2 amide bonds. The molecule has 1 fully saturated rings. The van der Waals surface area contributed by atoms with Crippen LogP contribution in [0.3, 0.4) is 0 Å². The lowest BCUT2D eigenvalue weighted by atomic mass is 10.0. The zero-order valence-corrected chi connectivity index (χ0v) is 16.0. The minimum atomic E-state index is -0.683. The number of carbonyl (C=O) groups excluding carboxylic acids is 1. The lowest BCUT2D eigenvalue weighted by Crippen LogP contribution is -2.49. The van der Waals surface area contributed by atoms with E-state index in [0.29, 0.717) is 35.4 Å². The topological polar surface area (TPSA) is 48.8 Å². The summed E-state index contributed by atoms with van der Waals surface area (Å²) >= 11 is 11.8. The van der Waals surface area contributed by atoms with E-state index in [0.717, 1.165) is 17.2 Å². The van der Waals surface area contributed by atoms with Crippen molar-refractivity contribution in [2.24, 2.45) is 5.10 Å². The molecule has 1 unspecified atom stereocenters. The van der Waals surface area contributed by atoms with Crippen molar-refractivity contribution >= 4 is 41.5 Å². The van der Waals surface area contributed by atoms with Gasteiger partial charge in [0.1, 0.15) is 21.9 Å². The first-order chi connectivity index (χ1) is 13.4. The van der Waals surface area contributed by atoms with Crippen molar-refractivity contribution in [1.82, 2.24) is 14.9 Å². The van der Waals surface area contributed by atoms with E-state index in [1.807, 2.05) is 6.08 Å². The number of urea groups is 1. The van der Waals surface area contributed by atoms with Gasteiger partial charge in [-0.3, -0.25) is 0 Å². The maximum absolute atomic E-state index is 13.5. The Labute approximate surface area is 169 Å². The number of pyridine rings is 1. The molecule has 0 N–H and O–H groups in total. The van der Waals surface area contributed by atoms with Gasteiger partial charge in [0.15, 0.2) is 0 Å². The standard InChI is InChI=1S/C19H14Cl2F2N4O/c20-17-2-1-12(18(21)25-17)5-11-9-26(10-11)19(28)27-16(3-4-24-27)13-6-14(22)8-15(23)7-13/h1-2,4-8,16H,3,9-10H2. The number of rotatable bonds is 2. The van der Waals surface area contributed by atoms with Gasteiger partial charge in [-0.1, -0.05) is 23.2 Å². The summed E-state index contributed by atoms with van der Waals surface area (Å²) in [6.45, 7) is 0.822. The number of benzene rings is 1. The van der Waals surface area contributed by atoms with Crippen molar-refractivity contribution in [2.75, 3.05) is 13.1 Å². The quantitative estimate of drug-likeness (QED) is 0.644.